The maximum absolute atomic E-state index is 13.9. The molecule has 1 aliphatic heterocycles. The number of benzene rings is 2. The van der Waals surface area contributed by atoms with Crippen LogP contribution in [0, 0.1) is 17.6 Å². The Morgan fingerprint density at radius 2 is 1.84 bits per heavy atom. The summed E-state index contributed by atoms with van der Waals surface area (Å²) in [6.45, 7) is 1.88. The molecule has 4 rings (SSSR count). The summed E-state index contributed by atoms with van der Waals surface area (Å²) in [5.74, 6) is -3.50. The average molecular weight is 522 g/mol. The monoisotopic (exact) mass is 521 g/mol. The van der Waals surface area contributed by atoms with Gasteiger partial charge in [0.15, 0.2) is 11.6 Å². The van der Waals surface area contributed by atoms with E-state index in [2.05, 4.69) is 10.3 Å². The molecule has 8 nitrogen and oxygen atoms in total. The maximum atomic E-state index is 13.9. The molecule has 38 heavy (non-hydrogen) atoms. The van der Waals surface area contributed by atoms with E-state index in [0.717, 1.165) is 17.0 Å². The number of nitrogens with two attached hydrogens (primary N) is 1. The maximum Gasteiger partial charge on any atom is 0.325 e. The highest BCUT2D eigenvalue weighted by Gasteiger charge is 2.55. The van der Waals surface area contributed by atoms with Crippen molar-refractivity contribution >= 4 is 29.4 Å². The van der Waals surface area contributed by atoms with Gasteiger partial charge in [0, 0.05) is 18.9 Å². The number of hydrogen-bond donors (Lipinski definition) is 2. The number of amides is 4. The van der Waals surface area contributed by atoms with Gasteiger partial charge in [0.1, 0.15) is 11.9 Å². The third-order valence-electron chi connectivity index (χ3n) is 6.68. The molecule has 198 valence electrons. The first-order valence-electron chi connectivity index (χ1n) is 12.3. The molecule has 0 aliphatic carbocycles. The van der Waals surface area contributed by atoms with Gasteiger partial charge in [-0.25, -0.2) is 18.6 Å². The summed E-state index contributed by atoms with van der Waals surface area (Å²) in [5.41, 5.74) is 7.46. The second-order valence-electron chi connectivity index (χ2n) is 9.25. The fourth-order valence-corrected chi connectivity index (χ4v) is 4.67. The fourth-order valence-electron chi connectivity index (χ4n) is 4.67. The summed E-state index contributed by atoms with van der Waals surface area (Å²) in [6, 6.07) is 13.1. The van der Waals surface area contributed by atoms with Crippen molar-refractivity contribution in [3.8, 4) is 0 Å². The molecule has 3 atom stereocenters. The number of imide groups is 1. The minimum Gasteiger partial charge on any atom is -0.384 e. The molecule has 2 heterocycles. The van der Waals surface area contributed by atoms with E-state index in [1.54, 1.807) is 43.4 Å². The fraction of sp³-hybridized carbons (Fsp3) is 0.286. The van der Waals surface area contributed by atoms with Crippen LogP contribution in [0.3, 0.4) is 0 Å². The standard InChI is InChI=1S/C28H29F2N5O3/c1-3-7-23(18-10-11-21(29)22(30)16-18)33-28(38)35-25(27(37)34(2)19-8-5-4-6-9-19)20(26(35)36)14-17-12-13-32-24(31)15-17/h4-6,8-13,15-16,20,23,25H,3,7,14H2,1-2H3,(H2,31,32)(H,33,38)/t20-,23-,25+/m1/s1. The highest BCUT2D eigenvalue weighted by molar-refractivity contribution is 6.12. The molecule has 2 aromatic carbocycles. The minimum atomic E-state index is -1.07. The molecule has 3 aromatic rings. The van der Waals surface area contributed by atoms with Crippen LogP contribution in [0.5, 0.6) is 0 Å². The van der Waals surface area contributed by atoms with Crippen LogP contribution < -0.4 is 16.0 Å². The lowest BCUT2D eigenvalue weighted by Gasteiger charge is -2.46. The van der Waals surface area contributed by atoms with E-state index >= 15 is 0 Å². The van der Waals surface area contributed by atoms with Gasteiger partial charge >= 0.3 is 6.03 Å². The van der Waals surface area contributed by atoms with E-state index in [-0.39, 0.29) is 12.2 Å². The van der Waals surface area contributed by atoms with Gasteiger partial charge in [-0.3, -0.25) is 14.5 Å². The number of urea groups is 1. The number of β-lactam (4-membered cyclic amide) rings is 1. The molecular formula is C28H29F2N5O3. The van der Waals surface area contributed by atoms with Crippen LogP contribution in [0.4, 0.5) is 25.1 Å². The van der Waals surface area contributed by atoms with E-state index in [1.165, 1.54) is 17.2 Å². The van der Waals surface area contributed by atoms with E-state index in [0.29, 0.717) is 29.7 Å². The Kier molecular flexibility index (Phi) is 7.99. The Hall–Kier alpha value is -4.34. The summed E-state index contributed by atoms with van der Waals surface area (Å²) in [5, 5.41) is 2.75. The number of anilines is 2. The van der Waals surface area contributed by atoms with Gasteiger partial charge in [-0.05, 0) is 60.4 Å². The minimum absolute atomic E-state index is 0.190. The van der Waals surface area contributed by atoms with Gasteiger partial charge in [-0.1, -0.05) is 37.6 Å². The molecule has 1 fully saturated rings. The van der Waals surface area contributed by atoms with E-state index < -0.39 is 47.5 Å². The van der Waals surface area contributed by atoms with Crippen LogP contribution >= 0.6 is 0 Å². The number of carbonyl (C=O) groups excluding carboxylic acids is 3. The molecule has 1 aliphatic rings. The lowest BCUT2D eigenvalue weighted by molar-refractivity contribution is -0.156. The summed E-state index contributed by atoms with van der Waals surface area (Å²) < 4.78 is 27.4. The first kappa shape index (κ1) is 26.7. The van der Waals surface area contributed by atoms with E-state index in [1.807, 2.05) is 13.0 Å². The van der Waals surface area contributed by atoms with Crippen molar-refractivity contribution in [2.75, 3.05) is 17.7 Å². The highest BCUT2D eigenvalue weighted by Crippen LogP contribution is 2.33. The van der Waals surface area contributed by atoms with Gasteiger partial charge in [-0.15, -0.1) is 0 Å². The third-order valence-corrected chi connectivity index (χ3v) is 6.68. The first-order chi connectivity index (χ1) is 18.2. The van der Waals surface area contributed by atoms with Crippen LogP contribution in [0.15, 0.2) is 66.9 Å². The van der Waals surface area contributed by atoms with Crippen LogP contribution in [0.2, 0.25) is 0 Å². The first-order valence-corrected chi connectivity index (χ1v) is 12.3. The number of nitrogen functional groups attached to an aromatic ring is 1. The normalized spacial score (nSPS) is 17.5. The number of nitrogens with zero attached hydrogens (tertiary/aromatic N) is 3. The zero-order valence-electron chi connectivity index (χ0n) is 21.1. The van der Waals surface area contributed by atoms with Crippen molar-refractivity contribution < 1.29 is 23.2 Å². The number of aromatic nitrogens is 1. The zero-order chi connectivity index (χ0) is 27.4. The Morgan fingerprint density at radius 3 is 2.50 bits per heavy atom. The van der Waals surface area contributed by atoms with Crippen LogP contribution in [-0.2, 0) is 16.0 Å². The number of likely N-dealkylation sites (N-methyl/N-ethyl adjacent to an activating group) is 1. The number of pyridine rings is 1. The van der Waals surface area contributed by atoms with E-state index in [9.17, 15) is 23.2 Å². The Labute approximate surface area is 219 Å². The second kappa shape index (κ2) is 11.4. The summed E-state index contributed by atoms with van der Waals surface area (Å²) >= 11 is 0. The smallest absolute Gasteiger partial charge is 0.325 e. The Bertz CT molecular complexity index is 1340. The SMILES string of the molecule is CCC[C@@H](NC(=O)N1C(=O)[C@H](Cc2ccnc(N)c2)[C@H]1C(=O)N(C)c1ccccc1)c1ccc(F)c(F)c1. The van der Waals surface area contributed by atoms with Crippen LogP contribution in [-0.4, -0.2) is 40.8 Å². The van der Waals surface area contributed by atoms with Gasteiger partial charge < -0.3 is 16.0 Å². The second-order valence-corrected chi connectivity index (χ2v) is 9.25. The van der Waals surface area contributed by atoms with Gasteiger partial charge in [0.2, 0.25) is 5.91 Å². The number of likely N-dealkylation sites (tertiary alicyclic amines) is 1. The third kappa shape index (κ3) is 5.49. The van der Waals surface area contributed by atoms with Crippen molar-refractivity contribution in [3.05, 3.63) is 89.6 Å². The summed E-state index contributed by atoms with van der Waals surface area (Å²) in [7, 11) is 1.58. The molecule has 0 bridgehead atoms. The average Bonchev–Trinajstić information content (AvgIpc) is 2.91. The lowest BCUT2D eigenvalue weighted by atomic mass is 9.81. The number of hydrogen-bond acceptors (Lipinski definition) is 5. The molecule has 1 saturated heterocycles. The predicted molar refractivity (Wildman–Crippen MR) is 139 cm³/mol. The van der Waals surface area contributed by atoms with Gasteiger partial charge in [0.05, 0.1) is 12.0 Å². The molecule has 0 radical (unpaired) electrons. The van der Waals surface area contributed by atoms with Crippen molar-refractivity contribution in [2.45, 2.75) is 38.3 Å². The zero-order valence-corrected chi connectivity index (χ0v) is 21.1. The summed E-state index contributed by atoms with van der Waals surface area (Å²) in [6.07, 6.45) is 2.75. The summed E-state index contributed by atoms with van der Waals surface area (Å²) in [4.78, 5) is 46.6. The molecule has 0 spiro atoms. The highest BCUT2D eigenvalue weighted by atomic mass is 19.2. The topological polar surface area (TPSA) is 109 Å². The van der Waals surface area contributed by atoms with E-state index in [4.69, 9.17) is 5.73 Å². The van der Waals surface area contributed by atoms with Crippen LogP contribution in [0.25, 0.3) is 0 Å². The predicted octanol–water partition coefficient (Wildman–Crippen LogP) is 4.23. The van der Waals surface area contributed by atoms with Gasteiger partial charge in [-0.2, -0.15) is 0 Å². The largest absolute Gasteiger partial charge is 0.384 e. The molecule has 3 N–H and O–H groups in total. The number of para-hydroxylation sites is 1. The number of halogens is 2. The van der Waals surface area contributed by atoms with Crippen LogP contribution in [0.1, 0.15) is 36.9 Å². The molecule has 10 heteroatoms. The van der Waals surface area contributed by atoms with Crippen molar-refractivity contribution in [2.24, 2.45) is 5.92 Å². The quantitative estimate of drug-likeness (QED) is 0.432. The number of rotatable bonds is 8. The Morgan fingerprint density at radius 1 is 1.11 bits per heavy atom. The molecule has 0 unspecified atom stereocenters. The van der Waals surface area contributed by atoms with Crippen molar-refractivity contribution in [3.63, 3.8) is 0 Å². The Balaban J connectivity index is 1.61. The molecule has 0 saturated carbocycles. The number of nitrogens with one attached hydrogen (secondary N) is 1. The van der Waals surface area contributed by atoms with Gasteiger partial charge in [0.25, 0.3) is 5.91 Å². The lowest BCUT2D eigenvalue weighted by Crippen LogP contribution is -2.70. The molecule has 1 aromatic heterocycles. The van der Waals surface area contributed by atoms with Crippen molar-refractivity contribution in [1.82, 2.24) is 15.2 Å². The van der Waals surface area contributed by atoms with Crippen molar-refractivity contribution in [1.29, 1.82) is 0 Å². The molecular weight excluding hydrogens is 492 g/mol. The number of carbonyl (C=O) groups is 3. The molecule has 4 amide bonds.